The lowest BCUT2D eigenvalue weighted by molar-refractivity contribution is 0.0636. The van der Waals surface area contributed by atoms with Crippen LogP contribution in [-0.4, -0.2) is 31.3 Å². The number of halogens is 2. The average molecular weight is 312 g/mol. The highest BCUT2D eigenvalue weighted by Crippen LogP contribution is 2.40. The van der Waals surface area contributed by atoms with Crippen LogP contribution in [0.1, 0.15) is 12.8 Å². The Morgan fingerprint density at radius 3 is 2.62 bits per heavy atom. The molecule has 0 unspecified atom stereocenters. The van der Waals surface area contributed by atoms with Gasteiger partial charge in [0, 0.05) is 31.1 Å². The SMILES string of the molecule is FC(F)C1CCN(c2nc3cc4c(cc3s2)OCO4)CC1. The molecule has 0 radical (unpaired) electrons. The van der Waals surface area contributed by atoms with Gasteiger partial charge in [0.2, 0.25) is 13.2 Å². The van der Waals surface area contributed by atoms with Gasteiger partial charge in [-0.1, -0.05) is 11.3 Å². The zero-order valence-corrected chi connectivity index (χ0v) is 12.0. The minimum atomic E-state index is -2.21. The number of thiazole rings is 1. The Bertz CT molecular complexity index is 627. The Balaban J connectivity index is 1.57. The molecule has 1 aromatic carbocycles. The summed E-state index contributed by atoms with van der Waals surface area (Å²) in [6, 6.07) is 3.81. The molecule has 0 amide bonds. The molecule has 1 fully saturated rings. The number of alkyl halides is 2. The van der Waals surface area contributed by atoms with E-state index in [1.807, 2.05) is 12.1 Å². The summed E-state index contributed by atoms with van der Waals surface area (Å²) in [4.78, 5) is 6.70. The number of anilines is 1. The predicted molar refractivity (Wildman–Crippen MR) is 76.7 cm³/mol. The molecular formula is C14H14F2N2O2S. The van der Waals surface area contributed by atoms with Crippen LogP contribution in [-0.2, 0) is 0 Å². The standard InChI is InChI=1S/C14H14F2N2O2S/c15-13(16)8-1-3-18(4-2-8)14-17-9-5-10-11(20-7-19-10)6-12(9)21-14/h5-6,8,13H,1-4,7H2. The molecule has 4 nitrogen and oxygen atoms in total. The van der Waals surface area contributed by atoms with Crippen molar-refractivity contribution in [2.24, 2.45) is 5.92 Å². The minimum absolute atomic E-state index is 0.251. The molecule has 0 atom stereocenters. The molecule has 2 aliphatic heterocycles. The number of rotatable bonds is 2. The lowest BCUT2D eigenvalue weighted by atomic mass is 9.98. The fraction of sp³-hybridized carbons (Fsp3) is 0.500. The maximum atomic E-state index is 12.7. The van der Waals surface area contributed by atoms with Crippen LogP contribution in [0, 0.1) is 5.92 Å². The third kappa shape index (κ3) is 2.29. The Hall–Kier alpha value is -1.63. The summed E-state index contributed by atoms with van der Waals surface area (Å²) in [6.07, 6.45) is -1.16. The molecule has 3 heterocycles. The first-order valence-electron chi connectivity index (χ1n) is 6.94. The van der Waals surface area contributed by atoms with E-state index in [0.717, 1.165) is 26.8 Å². The van der Waals surface area contributed by atoms with E-state index in [2.05, 4.69) is 9.88 Å². The maximum absolute atomic E-state index is 12.7. The lowest BCUT2D eigenvalue weighted by Gasteiger charge is -2.31. The number of hydrogen-bond donors (Lipinski definition) is 0. The second-order valence-corrected chi connectivity index (χ2v) is 6.34. The molecule has 0 aliphatic carbocycles. The summed E-state index contributed by atoms with van der Waals surface area (Å²) in [7, 11) is 0. The number of ether oxygens (including phenoxy) is 2. The molecule has 1 aromatic heterocycles. The highest BCUT2D eigenvalue weighted by atomic mass is 32.1. The topological polar surface area (TPSA) is 34.6 Å². The second kappa shape index (κ2) is 4.98. The number of piperidine rings is 1. The van der Waals surface area contributed by atoms with Crippen molar-refractivity contribution in [2.75, 3.05) is 24.8 Å². The van der Waals surface area contributed by atoms with E-state index in [1.165, 1.54) is 0 Å². The highest BCUT2D eigenvalue weighted by molar-refractivity contribution is 7.22. The number of hydrogen-bond acceptors (Lipinski definition) is 5. The Labute approximate surface area is 124 Å². The van der Waals surface area contributed by atoms with Crippen molar-refractivity contribution in [3.63, 3.8) is 0 Å². The normalized spacial score (nSPS) is 18.9. The summed E-state index contributed by atoms with van der Waals surface area (Å²) in [5, 5.41) is 0.890. The molecule has 0 bridgehead atoms. The van der Waals surface area contributed by atoms with Crippen LogP contribution in [0.5, 0.6) is 11.5 Å². The van der Waals surface area contributed by atoms with Gasteiger partial charge in [-0.2, -0.15) is 0 Å². The van der Waals surface area contributed by atoms with Crippen LogP contribution in [0.15, 0.2) is 12.1 Å². The maximum Gasteiger partial charge on any atom is 0.241 e. The van der Waals surface area contributed by atoms with Crippen molar-refractivity contribution < 1.29 is 18.3 Å². The van der Waals surface area contributed by atoms with Crippen molar-refractivity contribution in [1.29, 1.82) is 0 Å². The molecule has 2 aromatic rings. The van der Waals surface area contributed by atoms with E-state index in [9.17, 15) is 8.78 Å². The lowest BCUT2D eigenvalue weighted by Crippen LogP contribution is -2.35. The average Bonchev–Trinajstić information content (AvgIpc) is 3.10. The van der Waals surface area contributed by atoms with E-state index in [0.29, 0.717) is 25.9 Å². The van der Waals surface area contributed by atoms with Gasteiger partial charge >= 0.3 is 0 Å². The van der Waals surface area contributed by atoms with Gasteiger partial charge in [-0.15, -0.1) is 0 Å². The predicted octanol–water partition coefficient (Wildman–Crippen LogP) is 3.51. The molecule has 1 saturated heterocycles. The van der Waals surface area contributed by atoms with Crippen molar-refractivity contribution in [3.8, 4) is 11.5 Å². The van der Waals surface area contributed by atoms with Crippen molar-refractivity contribution >= 4 is 26.7 Å². The van der Waals surface area contributed by atoms with Crippen LogP contribution in [0.3, 0.4) is 0 Å². The zero-order chi connectivity index (χ0) is 14.4. The Morgan fingerprint density at radius 2 is 1.90 bits per heavy atom. The minimum Gasteiger partial charge on any atom is -0.454 e. The van der Waals surface area contributed by atoms with Crippen molar-refractivity contribution in [2.45, 2.75) is 19.3 Å². The van der Waals surface area contributed by atoms with Crippen molar-refractivity contribution in [1.82, 2.24) is 4.98 Å². The van der Waals surface area contributed by atoms with Crippen LogP contribution in [0.2, 0.25) is 0 Å². The van der Waals surface area contributed by atoms with Gasteiger partial charge < -0.3 is 14.4 Å². The van der Waals surface area contributed by atoms with E-state index < -0.39 is 12.3 Å². The molecule has 2 aliphatic rings. The molecule has 21 heavy (non-hydrogen) atoms. The quantitative estimate of drug-likeness (QED) is 0.850. The van der Waals surface area contributed by atoms with E-state index in [4.69, 9.17) is 9.47 Å². The molecule has 0 N–H and O–H groups in total. The summed E-state index contributed by atoms with van der Waals surface area (Å²) in [5.41, 5.74) is 0.871. The van der Waals surface area contributed by atoms with E-state index >= 15 is 0 Å². The fourth-order valence-corrected chi connectivity index (χ4v) is 3.81. The van der Waals surface area contributed by atoms with Crippen LogP contribution in [0.25, 0.3) is 10.2 Å². The first kappa shape index (κ1) is 13.1. The smallest absolute Gasteiger partial charge is 0.241 e. The van der Waals surface area contributed by atoms with Crippen molar-refractivity contribution in [3.05, 3.63) is 12.1 Å². The summed E-state index contributed by atoms with van der Waals surface area (Å²) in [5.74, 6) is 0.992. The van der Waals surface area contributed by atoms with Crippen LogP contribution in [0.4, 0.5) is 13.9 Å². The molecule has 4 rings (SSSR count). The van der Waals surface area contributed by atoms with Crippen LogP contribution >= 0.6 is 11.3 Å². The number of nitrogens with zero attached hydrogens (tertiary/aromatic N) is 2. The van der Waals surface area contributed by atoms with Gasteiger partial charge in [0.1, 0.15) is 0 Å². The third-order valence-electron chi connectivity index (χ3n) is 4.04. The molecule has 7 heteroatoms. The largest absolute Gasteiger partial charge is 0.454 e. The van der Waals surface area contributed by atoms with Gasteiger partial charge in [0.15, 0.2) is 16.6 Å². The molecule has 112 valence electrons. The van der Waals surface area contributed by atoms with Gasteiger partial charge in [-0.3, -0.25) is 0 Å². The first-order chi connectivity index (χ1) is 10.2. The molecule has 0 saturated carbocycles. The number of aromatic nitrogens is 1. The second-order valence-electron chi connectivity index (χ2n) is 5.33. The zero-order valence-electron chi connectivity index (χ0n) is 11.2. The van der Waals surface area contributed by atoms with Gasteiger partial charge in [-0.05, 0) is 12.8 Å². The first-order valence-corrected chi connectivity index (χ1v) is 7.75. The molecule has 0 spiro atoms. The van der Waals surface area contributed by atoms with E-state index in [1.54, 1.807) is 11.3 Å². The third-order valence-corrected chi connectivity index (χ3v) is 5.12. The Morgan fingerprint density at radius 1 is 1.19 bits per heavy atom. The highest BCUT2D eigenvalue weighted by Gasteiger charge is 2.27. The monoisotopic (exact) mass is 312 g/mol. The summed E-state index contributed by atoms with van der Waals surface area (Å²) >= 11 is 1.57. The molecular weight excluding hydrogens is 298 g/mol. The summed E-state index contributed by atoms with van der Waals surface area (Å²) < 4.78 is 37.1. The van der Waals surface area contributed by atoms with E-state index in [-0.39, 0.29) is 6.79 Å². The Kier molecular flexibility index (Phi) is 3.10. The number of fused-ring (bicyclic) bond motifs is 2. The van der Waals surface area contributed by atoms with Gasteiger partial charge in [0.05, 0.1) is 10.2 Å². The van der Waals surface area contributed by atoms with Gasteiger partial charge in [0.25, 0.3) is 0 Å². The van der Waals surface area contributed by atoms with Gasteiger partial charge in [-0.25, -0.2) is 13.8 Å². The van der Waals surface area contributed by atoms with Crippen LogP contribution < -0.4 is 14.4 Å². The summed E-state index contributed by atoms with van der Waals surface area (Å²) in [6.45, 7) is 1.53. The fourth-order valence-electron chi connectivity index (χ4n) is 2.78. The number of benzene rings is 1.